The average molecular weight is 240 g/mol. The summed E-state index contributed by atoms with van der Waals surface area (Å²) in [5.41, 5.74) is 0. The Labute approximate surface area is 102 Å². The van der Waals surface area contributed by atoms with E-state index in [0.29, 0.717) is 13.2 Å². The van der Waals surface area contributed by atoms with Crippen molar-refractivity contribution in [3.05, 3.63) is 12.4 Å². The maximum atomic E-state index is 5.24. The van der Waals surface area contributed by atoms with E-state index in [-0.39, 0.29) is 6.10 Å². The van der Waals surface area contributed by atoms with Gasteiger partial charge in [-0.15, -0.1) is 0 Å². The molecule has 1 rings (SSSR count). The van der Waals surface area contributed by atoms with Gasteiger partial charge in [-0.1, -0.05) is 0 Å². The molecule has 6 nitrogen and oxygen atoms in total. The van der Waals surface area contributed by atoms with Gasteiger partial charge in [-0.25, -0.2) is 4.98 Å². The van der Waals surface area contributed by atoms with Gasteiger partial charge < -0.3 is 20.1 Å². The Morgan fingerprint density at radius 1 is 1.24 bits per heavy atom. The first-order valence-corrected chi connectivity index (χ1v) is 5.61. The van der Waals surface area contributed by atoms with Crippen molar-refractivity contribution in [3.8, 4) is 0 Å². The maximum Gasteiger partial charge on any atom is 0.147 e. The van der Waals surface area contributed by atoms with Crippen LogP contribution in [0.5, 0.6) is 0 Å². The standard InChI is InChI=1S/C11H20N4O2/c1-4-13-10-6-12-7-11(15-10)14-5-9(17-3)8-16-2/h6-7,9H,4-5,8H2,1-3H3,(H2,13,14,15). The van der Waals surface area contributed by atoms with Crippen LogP contribution in [0.15, 0.2) is 12.4 Å². The highest BCUT2D eigenvalue weighted by Crippen LogP contribution is 2.06. The molecule has 0 aliphatic heterocycles. The first-order chi connectivity index (χ1) is 8.30. The fourth-order valence-electron chi connectivity index (χ4n) is 1.33. The van der Waals surface area contributed by atoms with E-state index in [1.165, 1.54) is 0 Å². The largest absolute Gasteiger partial charge is 0.382 e. The van der Waals surface area contributed by atoms with E-state index >= 15 is 0 Å². The zero-order valence-electron chi connectivity index (χ0n) is 10.6. The lowest BCUT2D eigenvalue weighted by atomic mass is 10.3. The minimum absolute atomic E-state index is 0.00425. The maximum absolute atomic E-state index is 5.24. The van der Waals surface area contributed by atoms with E-state index in [0.717, 1.165) is 18.2 Å². The molecule has 0 amide bonds. The van der Waals surface area contributed by atoms with Gasteiger partial charge >= 0.3 is 0 Å². The number of aromatic nitrogens is 2. The van der Waals surface area contributed by atoms with Crippen LogP contribution in [-0.2, 0) is 9.47 Å². The summed E-state index contributed by atoms with van der Waals surface area (Å²) in [5.74, 6) is 1.49. The lowest BCUT2D eigenvalue weighted by molar-refractivity contribution is 0.0365. The Balaban J connectivity index is 2.47. The van der Waals surface area contributed by atoms with Crippen molar-refractivity contribution in [2.24, 2.45) is 0 Å². The molecule has 1 heterocycles. The van der Waals surface area contributed by atoms with Crippen molar-refractivity contribution in [2.75, 3.05) is 44.5 Å². The van der Waals surface area contributed by atoms with Crippen molar-refractivity contribution in [2.45, 2.75) is 13.0 Å². The molecule has 1 aromatic heterocycles. The van der Waals surface area contributed by atoms with Crippen molar-refractivity contribution in [1.29, 1.82) is 0 Å². The smallest absolute Gasteiger partial charge is 0.147 e. The second kappa shape index (κ2) is 7.81. The molecule has 0 saturated carbocycles. The van der Waals surface area contributed by atoms with E-state index in [2.05, 4.69) is 20.6 Å². The number of hydrogen-bond donors (Lipinski definition) is 2. The third kappa shape index (κ3) is 4.97. The Bertz CT molecular complexity index is 322. The Kier molecular flexibility index (Phi) is 6.27. The number of nitrogens with one attached hydrogen (secondary N) is 2. The second-order valence-corrected chi connectivity index (χ2v) is 3.51. The fraction of sp³-hybridized carbons (Fsp3) is 0.636. The number of hydrogen-bond acceptors (Lipinski definition) is 6. The fourth-order valence-corrected chi connectivity index (χ4v) is 1.33. The summed E-state index contributed by atoms with van der Waals surface area (Å²) in [5, 5.41) is 6.27. The summed E-state index contributed by atoms with van der Waals surface area (Å²) in [7, 11) is 3.31. The third-order valence-electron chi connectivity index (χ3n) is 2.19. The minimum atomic E-state index is 0.00425. The normalized spacial score (nSPS) is 12.2. The lowest BCUT2D eigenvalue weighted by Crippen LogP contribution is -2.27. The highest BCUT2D eigenvalue weighted by Gasteiger charge is 2.07. The van der Waals surface area contributed by atoms with E-state index < -0.39 is 0 Å². The zero-order chi connectivity index (χ0) is 12.5. The van der Waals surface area contributed by atoms with Gasteiger partial charge in [-0.05, 0) is 6.92 Å². The highest BCUT2D eigenvalue weighted by atomic mass is 16.5. The molecule has 17 heavy (non-hydrogen) atoms. The molecule has 0 fully saturated rings. The summed E-state index contributed by atoms with van der Waals surface area (Å²) in [6.45, 7) is 4.02. The minimum Gasteiger partial charge on any atom is -0.382 e. The lowest BCUT2D eigenvalue weighted by Gasteiger charge is -2.15. The predicted molar refractivity (Wildman–Crippen MR) is 67.4 cm³/mol. The van der Waals surface area contributed by atoms with Crippen LogP contribution in [0.1, 0.15) is 6.92 Å². The molecule has 0 bridgehead atoms. The number of rotatable bonds is 8. The van der Waals surface area contributed by atoms with Crippen molar-refractivity contribution >= 4 is 11.6 Å². The third-order valence-corrected chi connectivity index (χ3v) is 2.19. The highest BCUT2D eigenvalue weighted by molar-refractivity contribution is 5.41. The van der Waals surface area contributed by atoms with Crippen LogP contribution >= 0.6 is 0 Å². The topological polar surface area (TPSA) is 68.3 Å². The molecule has 1 unspecified atom stereocenters. The van der Waals surface area contributed by atoms with Crippen LogP contribution in [0, 0.1) is 0 Å². The van der Waals surface area contributed by atoms with Gasteiger partial charge in [-0.2, -0.15) is 0 Å². The molecule has 1 aromatic rings. The Hall–Kier alpha value is -1.40. The second-order valence-electron chi connectivity index (χ2n) is 3.51. The van der Waals surface area contributed by atoms with Crippen molar-refractivity contribution in [3.63, 3.8) is 0 Å². The average Bonchev–Trinajstić information content (AvgIpc) is 2.35. The first kappa shape index (κ1) is 13.7. The molecule has 6 heteroatoms. The first-order valence-electron chi connectivity index (χ1n) is 5.61. The summed E-state index contributed by atoms with van der Waals surface area (Å²) in [6, 6.07) is 0. The van der Waals surface area contributed by atoms with E-state index in [4.69, 9.17) is 9.47 Å². The van der Waals surface area contributed by atoms with Gasteiger partial charge in [0.05, 0.1) is 25.1 Å². The molecule has 1 atom stereocenters. The van der Waals surface area contributed by atoms with Gasteiger partial charge in [0.25, 0.3) is 0 Å². The van der Waals surface area contributed by atoms with E-state index in [9.17, 15) is 0 Å². The number of anilines is 2. The van der Waals surface area contributed by atoms with Crippen LogP contribution in [0.3, 0.4) is 0 Å². The van der Waals surface area contributed by atoms with Crippen LogP contribution in [-0.4, -0.2) is 50.0 Å². The number of ether oxygens (including phenoxy) is 2. The number of nitrogens with zero attached hydrogens (tertiary/aromatic N) is 2. The molecule has 0 aliphatic carbocycles. The van der Waals surface area contributed by atoms with E-state index in [1.54, 1.807) is 26.6 Å². The molecule has 0 saturated heterocycles. The number of methoxy groups -OCH3 is 2. The van der Waals surface area contributed by atoms with Crippen LogP contribution in [0.25, 0.3) is 0 Å². The molecule has 96 valence electrons. The van der Waals surface area contributed by atoms with Gasteiger partial charge in [0.2, 0.25) is 0 Å². The summed E-state index contributed by atoms with van der Waals surface area (Å²) in [6.07, 6.45) is 3.38. The quantitative estimate of drug-likeness (QED) is 0.706. The predicted octanol–water partition coefficient (Wildman–Crippen LogP) is 0.982. The molecule has 0 spiro atoms. The van der Waals surface area contributed by atoms with Gasteiger partial charge in [0, 0.05) is 27.3 Å². The van der Waals surface area contributed by atoms with Crippen LogP contribution in [0.4, 0.5) is 11.6 Å². The molecular weight excluding hydrogens is 220 g/mol. The molecule has 0 radical (unpaired) electrons. The Morgan fingerprint density at radius 3 is 2.53 bits per heavy atom. The summed E-state index contributed by atoms with van der Waals surface area (Å²) < 4.78 is 10.3. The van der Waals surface area contributed by atoms with Crippen LogP contribution in [0.2, 0.25) is 0 Å². The SMILES string of the molecule is CCNc1cncc(NCC(COC)OC)n1. The van der Waals surface area contributed by atoms with Gasteiger partial charge in [0.15, 0.2) is 0 Å². The van der Waals surface area contributed by atoms with Crippen molar-refractivity contribution in [1.82, 2.24) is 9.97 Å². The van der Waals surface area contributed by atoms with E-state index in [1.807, 2.05) is 6.92 Å². The summed E-state index contributed by atoms with van der Waals surface area (Å²) >= 11 is 0. The zero-order valence-corrected chi connectivity index (χ0v) is 10.6. The van der Waals surface area contributed by atoms with Crippen LogP contribution < -0.4 is 10.6 Å². The molecular formula is C11H20N4O2. The molecule has 0 aliphatic rings. The van der Waals surface area contributed by atoms with Crippen molar-refractivity contribution < 1.29 is 9.47 Å². The summed E-state index contributed by atoms with van der Waals surface area (Å²) in [4.78, 5) is 8.44. The van der Waals surface area contributed by atoms with Gasteiger partial charge in [0.1, 0.15) is 11.6 Å². The monoisotopic (exact) mass is 240 g/mol. The molecule has 2 N–H and O–H groups in total. The molecule has 0 aromatic carbocycles. The van der Waals surface area contributed by atoms with Gasteiger partial charge in [-0.3, -0.25) is 4.98 Å². The Morgan fingerprint density at radius 2 is 1.94 bits per heavy atom.